The van der Waals surface area contributed by atoms with E-state index in [1.807, 2.05) is 13.8 Å². The molecule has 0 heterocycles. The van der Waals surface area contributed by atoms with Crippen molar-refractivity contribution in [3.05, 3.63) is 0 Å². The van der Waals surface area contributed by atoms with E-state index in [-0.39, 0.29) is 24.5 Å². The highest BCUT2D eigenvalue weighted by atomic mass is 16.3. The lowest BCUT2D eigenvalue weighted by atomic mass is 9.98. The fraction of sp³-hybridized carbons (Fsp3) is 0.933. The third-order valence-electron chi connectivity index (χ3n) is 3.54. The van der Waals surface area contributed by atoms with Crippen LogP contribution in [0, 0.1) is 11.8 Å². The van der Waals surface area contributed by atoms with E-state index in [4.69, 9.17) is 10.8 Å². The van der Waals surface area contributed by atoms with E-state index in [0.717, 1.165) is 38.5 Å². The van der Waals surface area contributed by atoms with E-state index < -0.39 is 0 Å². The molecule has 0 fully saturated rings. The van der Waals surface area contributed by atoms with Crippen molar-refractivity contribution in [2.75, 3.05) is 13.2 Å². The van der Waals surface area contributed by atoms with Gasteiger partial charge in [0.2, 0.25) is 5.91 Å². The summed E-state index contributed by atoms with van der Waals surface area (Å²) in [5, 5.41) is 12.0. The second-order valence-electron chi connectivity index (χ2n) is 5.72. The fourth-order valence-electron chi connectivity index (χ4n) is 2.24. The molecule has 19 heavy (non-hydrogen) atoms. The fourth-order valence-corrected chi connectivity index (χ4v) is 2.24. The Morgan fingerprint density at radius 3 is 2.42 bits per heavy atom. The summed E-state index contributed by atoms with van der Waals surface area (Å²) in [6.45, 7) is 6.98. The maximum absolute atomic E-state index is 11.9. The van der Waals surface area contributed by atoms with Gasteiger partial charge < -0.3 is 16.2 Å². The molecule has 0 aromatic rings. The third-order valence-corrected chi connectivity index (χ3v) is 3.54. The lowest BCUT2D eigenvalue weighted by molar-refractivity contribution is -0.124. The highest BCUT2D eigenvalue weighted by Crippen LogP contribution is 2.12. The molecule has 3 unspecified atom stereocenters. The number of amides is 1. The number of carbonyl (C=O) groups excluding carboxylic acids is 1. The van der Waals surface area contributed by atoms with E-state index in [9.17, 15) is 4.79 Å². The molecular weight excluding hydrogens is 240 g/mol. The highest BCUT2D eigenvalue weighted by Gasteiger charge is 2.14. The molecule has 0 radical (unpaired) electrons. The van der Waals surface area contributed by atoms with E-state index in [1.54, 1.807) is 0 Å². The van der Waals surface area contributed by atoms with Crippen molar-refractivity contribution in [2.24, 2.45) is 17.6 Å². The molecular formula is C15H32N2O2. The van der Waals surface area contributed by atoms with Gasteiger partial charge in [-0.1, -0.05) is 26.7 Å². The average Bonchev–Trinajstić information content (AvgIpc) is 2.35. The van der Waals surface area contributed by atoms with Crippen molar-refractivity contribution in [3.8, 4) is 0 Å². The molecule has 4 N–H and O–H groups in total. The molecule has 4 nitrogen and oxygen atoms in total. The van der Waals surface area contributed by atoms with Gasteiger partial charge >= 0.3 is 0 Å². The Balaban J connectivity index is 3.86. The molecule has 3 atom stereocenters. The summed E-state index contributed by atoms with van der Waals surface area (Å²) < 4.78 is 0. The minimum atomic E-state index is 0.0511. The summed E-state index contributed by atoms with van der Waals surface area (Å²) in [5.74, 6) is 0.578. The van der Waals surface area contributed by atoms with Gasteiger partial charge in [-0.05, 0) is 38.5 Å². The van der Waals surface area contributed by atoms with Gasteiger partial charge in [0.25, 0.3) is 0 Å². The van der Waals surface area contributed by atoms with Crippen molar-refractivity contribution in [3.63, 3.8) is 0 Å². The van der Waals surface area contributed by atoms with E-state index in [1.165, 1.54) is 0 Å². The number of carbonyl (C=O) groups is 1. The molecule has 0 bridgehead atoms. The van der Waals surface area contributed by atoms with Crippen LogP contribution in [0.25, 0.3) is 0 Å². The lowest BCUT2D eigenvalue weighted by Crippen LogP contribution is -2.33. The summed E-state index contributed by atoms with van der Waals surface area (Å²) in [7, 11) is 0. The van der Waals surface area contributed by atoms with Crippen LogP contribution in [0.1, 0.15) is 59.3 Å². The normalized spacial score (nSPS) is 15.8. The van der Waals surface area contributed by atoms with Crippen LogP contribution in [0.15, 0.2) is 0 Å². The van der Waals surface area contributed by atoms with Crippen molar-refractivity contribution in [1.82, 2.24) is 5.32 Å². The minimum Gasteiger partial charge on any atom is -0.396 e. The number of nitrogens with one attached hydrogen (secondary N) is 1. The van der Waals surface area contributed by atoms with Crippen molar-refractivity contribution in [2.45, 2.75) is 65.3 Å². The number of aliphatic hydroxyl groups excluding tert-OH is 1. The third kappa shape index (κ3) is 9.91. The Morgan fingerprint density at radius 2 is 1.89 bits per heavy atom. The number of rotatable bonds is 11. The van der Waals surface area contributed by atoms with Gasteiger partial charge in [0, 0.05) is 25.1 Å². The first kappa shape index (κ1) is 18.4. The Hall–Kier alpha value is -0.610. The molecule has 0 aliphatic carbocycles. The monoisotopic (exact) mass is 272 g/mol. The van der Waals surface area contributed by atoms with E-state index in [0.29, 0.717) is 12.5 Å². The smallest absolute Gasteiger partial charge is 0.222 e. The zero-order valence-electron chi connectivity index (χ0n) is 12.8. The van der Waals surface area contributed by atoms with Crippen molar-refractivity contribution < 1.29 is 9.90 Å². The Bertz CT molecular complexity index is 226. The standard InChI is InChI=1S/C15H32N2O2/c1-4-6-14(9-10-18)11-17-15(19)12(2)7-5-8-13(3)16/h12-14,18H,4-11,16H2,1-3H3,(H,17,19). The summed E-state index contributed by atoms with van der Waals surface area (Å²) in [6, 6.07) is 0.216. The maximum atomic E-state index is 11.9. The van der Waals surface area contributed by atoms with Gasteiger partial charge in [0.05, 0.1) is 0 Å². The van der Waals surface area contributed by atoms with Crippen LogP contribution < -0.4 is 11.1 Å². The largest absolute Gasteiger partial charge is 0.396 e. The Labute approximate surface area is 118 Å². The van der Waals surface area contributed by atoms with Crippen molar-refractivity contribution >= 4 is 5.91 Å². The molecule has 0 saturated carbocycles. The topological polar surface area (TPSA) is 75.3 Å². The first-order chi connectivity index (χ1) is 9.01. The molecule has 1 amide bonds. The van der Waals surface area contributed by atoms with Gasteiger partial charge in [0.15, 0.2) is 0 Å². The van der Waals surface area contributed by atoms with Gasteiger partial charge in [-0.25, -0.2) is 0 Å². The summed E-state index contributed by atoms with van der Waals surface area (Å²) >= 11 is 0. The molecule has 0 aromatic carbocycles. The van der Waals surface area contributed by atoms with E-state index in [2.05, 4.69) is 12.2 Å². The number of aliphatic hydroxyl groups is 1. The molecule has 0 aromatic heterocycles. The SMILES string of the molecule is CCCC(CCO)CNC(=O)C(C)CCCC(C)N. The minimum absolute atomic E-state index is 0.0511. The molecule has 0 saturated heterocycles. The Morgan fingerprint density at radius 1 is 1.21 bits per heavy atom. The predicted molar refractivity (Wildman–Crippen MR) is 79.8 cm³/mol. The zero-order chi connectivity index (χ0) is 14.7. The van der Waals surface area contributed by atoms with Crippen LogP contribution in [-0.2, 0) is 4.79 Å². The average molecular weight is 272 g/mol. The highest BCUT2D eigenvalue weighted by molar-refractivity contribution is 5.78. The van der Waals surface area contributed by atoms with Crippen molar-refractivity contribution in [1.29, 1.82) is 0 Å². The van der Waals surface area contributed by atoms with Gasteiger partial charge in [-0.3, -0.25) is 4.79 Å². The number of nitrogens with two attached hydrogens (primary N) is 1. The number of hydrogen-bond donors (Lipinski definition) is 3. The molecule has 0 rings (SSSR count). The summed E-state index contributed by atoms with van der Waals surface area (Å²) in [6.07, 6.45) is 5.78. The second-order valence-corrected chi connectivity index (χ2v) is 5.72. The molecule has 0 aliphatic rings. The van der Waals surface area contributed by atoms with Gasteiger partial charge in [-0.2, -0.15) is 0 Å². The van der Waals surface area contributed by atoms with Crippen LogP contribution in [0.2, 0.25) is 0 Å². The summed E-state index contributed by atoms with van der Waals surface area (Å²) in [4.78, 5) is 11.9. The molecule has 0 spiro atoms. The predicted octanol–water partition coefficient (Wildman–Crippen LogP) is 2.05. The van der Waals surface area contributed by atoms with Gasteiger partial charge in [0.1, 0.15) is 0 Å². The van der Waals surface area contributed by atoms with E-state index >= 15 is 0 Å². The van der Waals surface area contributed by atoms with Crippen LogP contribution in [0.3, 0.4) is 0 Å². The maximum Gasteiger partial charge on any atom is 0.222 e. The molecule has 114 valence electrons. The second kappa shape index (κ2) is 11.2. The first-order valence-electron chi connectivity index (χ1n) is 7.65. The first-order valence-corrected chi connectivity index (χ1v) is 7.65. The van der Waals surface area contributed by atoms with Crippen LogP contribution in [0.5, 0.6) is 0 Å². The molecule has 0 aliphatic heterocycles. The van der Waals surface area contributed by atoms with Crippen LogP contribution in [-0.4, -0.2) is 30.2 Å². The zero-order valence-corrected chi connectivity index (χ0v) is 12.8. The summed E-state index contributed by atoms with van der Waals surface area (Å²) in [5.41, 5.74) is 5.70. The number of hydrogen-bond acceptors (Lipinski definition) is 3. The quantitative estimate of drug-likeness (QED) is 0.539. The van der Waals surface area contributed by atoms with Crippen LogP contribution in [0.4, 0.5) is 0 Å². The lowest BCUT2D eigenvalue weighted by Gasteiger charge is -2.18. The Kier molecular flexibility index (Phi) is 10.9. The van der Waals surface area contributed by atoms with Gasteiger partial charge in [-0.15, -0.1) is 0 Å². The van der Waals surface area contributed by atoms with Crippen LogP contribution >= 0.6 is 0 Å². The molecule has 4 heteroatoms.